The maximum atomic E-state index is 5.97. The molecule has 0 aliphatic heterocycles. The number of nitrogens with zero attached hydrogens (tertiary/aromatic N) is 3. The van der Waals surface area contributed by atoms with Crippen LogP contribution < -0.4 is 9.47 Å². The van der Waals surface area contributed by atoms with Crippen LogP contribution in [0.25, 0.3) is 17.8 Å². The third-order valence-corrected chi connectivity index (χ3v) is 4.58. The van der Waals surface area contributed by atoms with Gasteiger partial charge in [-0.25, -0.2) is 9.67 Å². The summed E-state index contributed by atoms with van der Waals surface area (Å²) in [5, 5.41) is 6.06. The van der Waals surface area contributed by atoms with Crippen LogP contribution in [0.2, 0.25) is 5.02 Å². The normalized spacial score (nSPS) is 11.1. The summed E-state index contributed by atoms with van der Waals surface area (Å²) in [6.45, 7) is 0. The lowest BCUT2D eigenvalue weighted by atomic mass is 10.1. The zero-order valence-corrected chi connectivity index (χ0v) is 16.2. The molecule has 2 aromatic carbocycles. The van der Waals surface area contributed by atoms with Gasteiger partial charge in [0.2, 0.25) is 0 Å². The Kier molecular flexibility index (Phi) is 5.85. The molecular weight excluding hydrogens is 370 g/mol. The van der Waals surface area contributed by atoms with Crippen molar-refractivity contribution in [2.75, 3.05) is 20.5 Å². The predicted molar refractivity (Wildman–Crippen MR) is 107 cm³/mol. The van der Waals surface area contributed by atoms with Crippen LogP contribution in [0.4, 0.5) is 0 Å². The summed E-state index contributed by atoms with van der Waals surface area (Å²) in [7, 11) is 3.27. The molecule has 0 fully saturated rings. The average Bonchev–Trinajstić information content (AvgIpc) is 3.10. The molecule has 0 aliphatic carbocycles. The minimum atomic E-state index is 0.606. The molecule has 134 valence electrons. The molecule has 0 saturated carbocycles. The van der Waals surface area contributed by atoms with Crippen molar-refractivity contribution in [3.63, 3.8) is 0 Å². The Morgan fingerprint density at radius 3 is 2.46 bits per heavy atom. The molecular formula is C19H18ClN3O2S. The van der Waals surface area contributed by atoms with E-state index < -0.39 is 0 Å². The maximum absolute atomic E-state index is 5.97. The van der Waals surface area contributed by atoms with E-state index in [0.29, 0.717) is 10.8 Å². The highest BCUT2D eigenvalue weighted by Gasteiger charge is 2.10. The van der Waals surface area contributed by atoms with E-state index in [9.17, 15) is 0 Å². The Hall–Kier alpha value is -2.44. The van der Waals surface area contributed by atoms with Gasteiger partial charge in [-0.1, -0.05) is 23.4 Å². The molecule has 0 N–H and O–H groups in total. The van der Waals surface area contributed by atoms with Crippen molar-refractivity contribution in [1.82, 2.24) is 14.8 Å². The number of aromatic nitrogens is 3. The van der Waals surface area contributed by atoms with Crippen LogP contribution >= 0.6 is 23.4 Å². The van der Waals surface area contributed by atoms with Gasteiger partial charge in [-0.05, 0) is 60.9 Å². The van der Waals surface area contributed by atoms with Gasteiger partial charge in [-0.15, -0.1) is 5.10 Å². The van der Waals surface area contributed by atoms with Crippen LogP contribution in [0.1, 0.15) is 11.4 Å². The van der Waals surface area contributed by atoms with Crippen molar-refractivity contribution in [3.8, 4) is 17.2 Å². The van der Waals surface area contributed by atoms with Gasteiger partial charge in [0, 0.05) is 10.6 Å². The number of ether oxygens (including phenoxy) is 2. The minimum Gasteiger partial charge on any atom is -0.497 e. The number of hydrogen-bond acceptors (Lipinski definition) is 5. The summed E-state index contributed by atoms with van der Waals surface area (Å²) < 4.78 is 12.5. The second-order valence-corrected chi connectivity index (χ2v) is 6.50. The van der Waals surface area contributed by atoms with Gasteiger partial charge in [-0.3, -0.25) is 0 Å². The van der Waals surface area contributed by atoms with Gasteiger partial charge < -0.3 is 9.47 Å². The third-order valence-electron chi connectivity index (χ3n) is 3.70. The van der Waals surface area contributed by atoms with Gasteiger partial charge in [-0.2, -0.15) is 0 Å². The first-order valence-electron chi connectivity index (χ1n) is 7.81. The monoisotopic (exact) mass is 387 g/mol. The molecule has 1 aromatic heterocycles. The summed E-state index contributed by atoms with van der Waals surface area (Å²) in [6, 6.07) is 13.1. The van der Waals surface area contributed by atoms with Gasteiger partial charge in [0.15, 0.2) is 11.0 Å². The van der Waals surface area contributed by atoms with Crippen LogP contribution in [0, 0.1) is 0 Å². The van der Waals surface area contributed by atoms with Crippen molar-refractivity contribution >= 4 is 35.5 Å². The summed E-state index contributed by atoms with van der Waals surface area (Å²) >= 11 is 7.49. The van der Waals surface area contributed by atoms with E-state index in [2.05, 4.69) is 10.1 Å². The van der Waals surface area contributed by atoms with E-state index in [4.69, 9.17) is 21.1 Å². The molecule has 7 heteroatoms. The van der Waals surface area contributed by atoms with E-state index in [1.54, 1.807) is 18.9 Å². The fourth-order valence-corrected chi connectivity index (χ4v) is 3.03. The smallest absolute Gasteiger partial charge is 0.191 e. The summed E-state index contributed by atoms with van der Waals surface area (Å²) in [4.78, 5) is 4.56. The molecule has 0 atom stereocenters. The molecule has 0 saturated heterocycles. The largest absolute Gasteiger partial charge is 0.497 e. The molecule has 5 nitrogen and oxygen atoms in total. The zero-order chi connectivity index (χ0) is 18.5. The van der Waals surface area contributed by atoms with Crippen LogP contribution in [0.15, 0.2) is 47.6 Å². The lowest BCUT2D eigenvalue weighted by molar-refractivity contribution is 0.402. The lowest BCUT2D eigenvalue weighted by Gasteiger charge is -2.06. The Morgan fingerprint density at radius 2 is 1.81 bits per heavy atom. The first-order chi connectivity index (χ1) is 12.6. The van der Waals surface area contributed by atoms with Gasteiger partial charge in [0.25, 0.3) is 0 Å². The molecule has 0 radical (unpaired) electrons. The fraction of sp³-hybridized carbons (Fsp3) is 0.158. The van der Waals surface area contributed by atoms with Crippen molar-refractivity contribution < 1.29 is 9.47 Å². The maximum Gasteiger partial charge on any atom is 0.191 e. The van der Waals surface area contributed by atoms with Crippen molar-refractivity contribution in [2.24, 2.45) is 0 Å². The van der Waals surface area contributed by atoms with Crippen LogP contribution in [-0.2, 0) is 0 Å². The third kappa shape index (κ3) is 4.03. The number of benzene rings is 2. The number of methoxy groups -OCH3 is 2. The van der Waals surface area contributed by atoms with Crippen molar-refractivity contribution in [1.29, 1.82) is 0 Å². The quantitative estimate of drug-likeness (QED) is 0.567. The molecule has 3 aromatic rings. The first-order valence-corrected chi connectivity index (χ1v) is 9.42. The molecule has 1 heterocycles. The van der Waals surface area contributed by atoms with Gasteiger partial charge >= 0.3 is 0 Å². The van der Waals surface area contributed by atoms with Crippen molar-refractivity contribution in [3.05, 3.63) is 58.9 Å². The van der Waals surface area contributed by atoms with E-state index in [-0.39, 0.29) is 0 Å². The number of hydrogen-bond donors (Lipinski definition) is 0. The van der Waals surface area contributed by atoms with Gasteiger partial charge in [0.05, 0.1) is 19.9 Å². The number of rotatable bonds is 6. The summed E-state index contributed by atoms with van der Waals surface area (Å²) in [6.07, 6.45) is 5.73. The zero-order valence-electron chi connectivity index (χ0n) is 14.6. The molecule has 0 spiro atoms. The molecule has 26 heavy (non-hydrogen) atoms. The summed E-state index contributed by atoms with van der Waals surface area (Å²) in [5.74, 6) is 2.12. The number of thioether (sulfide) groups is 1. The van der Waals surface area contributed by atoms with E-state index in [1.807, 2.05) is 60.9 Å². The Bertz CT molecular complexity index is 923. The Balaban J connectivity index is 1.93. The highest BCUT2D eigenvalue weighted by atomic mass is 35.5. The van der Waals surface area contributed by atoms with Gasteiger partial charge in [0.1, 0.15) is 11.5 Å². The van der Waals surface area contributed by atoms with E-state index in [1.165, 1.54) is 11.8 Å². The first kappa shape index (κ1) is 18.4. The van der Waals surface area contributed by atoms with Crippen molar-refractivity contribution in [2.45, 2.75) is 5.16 Å². The summed E-state index contributed by atoms with van der Waals surface area (Å²) in [5.41, 5.74) is 1.80. The Labute approximate surface area is 161 Å². The van der Waals surface area contributed by atoms with E-state index >= 15 is 0 Å². The van der Waals surface area contributed by atoms with E-state index in [0.717, 1.165) is 27.9 Å². The SMILES string of the molecule is COc1ccc(OC)c(/C=C/c2nc(SC)n(-c3ccc(Cl)cc3)n2)c1. The molecule has 0 unspecified atom stereocenters. The second kappa shape index (κ2) is 8.29. The molecule has 0 amide bonds. The lowest BCUT2D eigenvalue weighted by Crippen LogP contribution is -1.97. The van der Waals surface area contributed by atoms with Crippen LogP contribution in [-0.4, -0.2) is 35.2 Å². The van der Waals surface area contributed by atoms with Crippen LogP contribution in [0.3, 0.4) is 0 Å². The fourth-order valence-electron chi connectivity index (χ4n) is 2.40. The highest BCUT2D eigenvalue weighted by molar-refractivity contribution is 7.98. The highest BCUT2D eigenvalue weighted by Crippen LogP contribution is 2.26. The average molecular weight is 388 g/mol. The Morgan fingerprint density at radius 1 is 1.04 bits per heavy atom. The van der Waals surface area contributed by atoms with Crippen LogP contribution in [0.5, 0.6) is 11.5 Å². The molecule has 3 rings (SSSR count). The molecule has 0 aliphatic rings. The number of halogens is 1. The minimum absolute atomic E-state index is 0.606. The predicted octanol–water partition coefficient (Wildman–Crippen LogP) is 4.83. The standard InChI is InChI=1S/C19H18ClN3O2S/c1-24-16-9-10-17(25-2)13(12-16)4-11-18-21-19(26-3)23(22-18)15-7-5-14(20)6-8-15/h4-12H,1-3H3/b11-4+. The second-order valence-electron chi connectivity index (χ2n) is 5.29. The molecule has 0 bridgehead atoms. The topological polar surface area (TPSA) is 49.2 Å².